The van der Waals surface area contributed by atoms with E-state index in [4.69, 9.17) is 4.74 Å². The van der Waals surface area contributed by atoms with Crippen molar-refractivity contribution in [3.05, 3.63) is 53.8 Å². The van der Waals surface area contributed by atoms with Crippen molar-refractivity contribution in [1.29, 1.82) is 0 Å². The minimum absolute atomic E-state index is 0.282. The van der Waals surface area contributed by atoms with Crippen LogP contribution in [0.3, 0.4) is 0 Å². The number of halogens is 1. The van der Waals surface area contributed by atoms with Gasteiger partial charge < -0.3 is 15.0 Å². The summed E-state index contributed by atoms with van der Waals surface area (Å²) in [6, 6.07) is 11.9. The zero-order valence-corrected chi connectivity index (χ0v) is 14.3. The third-order valence-electron chi connectivity index (χ3n) is 3.56. The highest BCUT2D eigenvalue weighted by molar-refractivity contribution is 7.97. The maximum absolute atomic E-state index is 13.8. The van der Waals surface area contributed by atoms with E-state index < -0.39 is 0 Å². The summed E-state index contributed by atoms with van der Waals surface area (Å²) in [6.45, 7) is 0.282. The largest absolute Gasteiger partial charge is 0.496 e. The lowest BCUT2D eigenvalue weighted by atomic mass is 10.1. The Bertz CT molecular complexity index is 851. The second-order valence-corrected chi connectivity index (χ2v) is 5.98. The molecule has 3 rings (SSSR count). The topological polar surface area (TPSA) is 79.0 Å². The Hall–Kier alpha value is -2.74. The van der Waals surface area contributed by atoms with Gasteiger partial charge in [-0.3, -0.25) is 4.72 Å². The Morgan fingerprint density at radius 2 is 2.12 bits per heavy atom. The lowest BCUT2D eigenvalue weighted by Crippen LogP contribution is -2.33. The first kappa shape index (κ1) is 17.1. The predicted molar refractivity (Wildman–Crippen MR) is 95.1 cm³/mol. The van der Waals surface area contributed by atoms with E-state index in [2.05, 4.69) is 20.0 Å². The molecule has 0 aliphatic heterocycles. The number of carbonyl (C=O) groups is 1. The number of H-pyrrole nitrogens is 1. The van der Waals surface area contributed by atoms with Gasteiger partial charge in [0.25, 0.3) is 0 Å². The Labute approximate surface area is 148 Å². The normalized spacial score (nSPS) is 10.6. The first-order valence-corrected chi connectivity index (χ1v) is 8.46. The van der Waals surface area contributed by atoms with Gasteiger partial charge >= 0.3 is 6.03 Å². The van der Waals surface area contributed by atoms with E-state index in [1.165, 1.54) is 13.2 Å². The molecule has 2 aromatic carbocycles. The summed E-state index contributed by atoms with van der Waals surface area (Å²) in [4.78, 5) is 19.3. The van der Waals surface area contributed by atoms with E-state index in [0.29, 0.717) is 22.9 Å². The highest BCUT2D eigenvalue weighted by Gasteiger charge is 2.10. The molecule has 3 N–H and O–H groups in total. The molecule has 0 atom stereocenters. The zero-order chi connectivity index (χ0) is 17.6. The summed E-state index contributed by atoms with van der Waals surface area (Å²) < 4.78 is 21.6. The van der Waals surface area contributed by atoms with Crippen molar-refractivity contribution in [2.24, 2.45) is 0 Å². The molecular formula is C17H17FN4O2S. The number of urea groups is 1. The van der Waals surface area contributed by atoms with Crippen molar-refractivity contribution >= 4 is 29.0 Å². The van der Waals surface area contributed by atoms with Gasteiger partial charge in [0.2, 0.25) is 0 Å². The van der Waals surface area contributed by atoms with Crippen LogP contribution in [0.25, 0.3) is 11.0 Å². The zero-order valence-electron chi connectivity index (χ0n) is 13.5. The molecule has 25 heavy (non-hydrogen) atoms. The van der Waals surface area contributed by atoms with Gasteiger partial charge in [-0.15, -0.1) is 0 Å². The fourth-order valence-corrected chi connectivity index (χ4v) is 2.95. The summed E-state index contributed by atoms with van der Waals surface area (Å²) in [5, 5.41) is 3.27. The fraction of sp³-hybridized carbons (Fsp3) is 0.176. The molecule has 1 aromatic heterocycles. The lowest BCUT2D eigenvalue weighted by molar-refractivity contribution is 0.246. The van der Waals surface area contributed by atoms with Crippen LogP contribution in [0.1, 0.15) is 5.56 Å². The Kier molecular flexibility index (Phi) is 5.39. The quantitative estimate of drug-likeness (QED) is 0.590. The minimum atomic E-state index is -0.374. The first-order valence-electron chi connectivity index (χ1n) is 7.64. The van der Waals surface area contributed by atoms with Crippen molar-refractivity contribution in [2.75, 3.05) is 13.7 Å². The third-order valence-corrected chi connectivity index (χ3v) is 4.24. The molecule has 0 saturated carbocycles. The smallest absolute Gasteiger partial charge is 0.325 e. The van der Waals surface area contributed by atoms with Crippen LogP contribution in [0.15, 0.2) is 47.6 Å². The number of nitrogens with zero attached hydrogens (tertiary/aromatic N) is 1. The molecule has 0 saturated heterocycles. The summed E-state index contributed by atoms with van der Waals surface area (Å²) in [7, 11) is 1.49. The summed E-state index contributed by atoms with van der Waals surface area (Å²) in [6.07, 6.45) is 0.332. The number of nitrogens with one attached hydrogen (secondary N) is 3. The van der Waals surface area contributed by atoms with Crippen LogP contribution in [0, 0.1) is 5.82 Å². The number of aromatic nitrogens is 2. The van der Waals surface area contributed by atoms with E-state index in [9.17, 15) is 9.18 Å². The lowest BCUT2D eigenvalue weighted by Gasteiger charge is -2.10. The first-order chi connectivity index (χ1) is 12.2. The van der Waals surface area contributed by atoms with Gasteiger partial charge in [0.15, 0.2) is 5.16 Å². The number of fused-ring (bicyclic) bond motifs is 1. The summed E-state index contributed by atoms with van der Waals surface area (Å²) >= 11 is 1.08. The van der Waals surface area contributed by atoms with E-state index in [0.717, 1.165) is 23.0 Å². The number of para-hydroxylation sites is 2. The average molecular weight is 360 g/mol. The van der Waals surface area contributed by atoms with E-state index in [1.807, 2.05) is 24.3 Å². The van der Waals surface area contributed by atoms with Gasteiger partial charge in [-0.05, 0) is 30.7 Å². The number of methoxy groups -OCH3 is 1. The molecule has 8 heteroatoms. The van der Waals surface area contributed by atoms with Gasteiger partial charge in [0.1, 0.15) is 11.6 Å². The molecule has 3 aromatic rings. The molecule has 0 spiro atoms. The maximum Gasteiger partial charge on any atom is 0.325 e. The predicted octanol–water partition coefficient (Wildman–Crippen LogP) is 3.26. The van der Waals surface area contributed by atoms with Crippen LogP contribution in [-0.4, -0.2) is 29.7 Å². The highest BCUT2D eigenvalue weighted by atomic mass is 32.2. The third kappa shape index (κ3) is 4.21. The SMILES string of the molecule is COc1cccc(F)c1CCNC(=O)NSc1nc2ccccc2[nH]1. The Morgan fingerprint density at radius 3 is 2.92 bits per heavy atom. The molecular weight excluding hydrogens is 343 g/mol. The van der Waals surface area contributed by atoms with Crippen LogP contribution in [0.2, 0.25) is 0 Å². The number of imidazole rings is 1. The summed E-state index contributed by atoms with van der Waals surface area (Å²) in [5.74, 6) is 0.122. The second-order valence-electron chi connectivity index (χ2n) is 5.19. The number of hydrogen-bond acceptors (Lipinski definition) is 4. The highest BCUT2D eigenvalue weighted by Crippen LogP contribution is 2.21. The number of aromatic amines is 1. The van der Waals surface area contributed by atoms with Gasteiger partial charge in [0, 0.05) is 24.1 Å². The minimum Gasteiger partial charge on any atom is -0.496 e. The van der Waals surface area contributed by atoms with Crippen LogP contribution in [0.4, 0.5) is 9.18 Å². The number of rotatable bonds is 6. The second kappa shape index (κ2) is 7.89. The van der Waals surface area contributed by atoms with Gasteiger partial charge in [-0.1, -0.05) is 18.2 Å². The molecule has 0 aliphatic carbocycles. The fourth-order valence-electron chi connectivity index (χ4n) is 2.38. The number of carbonyl (C=O) groups excluding carboxylic acids is 1. The van der Waals surface area contributed by atoms with E-state index in [-0.39, 0.29) is 18.4 Å². The standard InChI is InChI=1S/C17H17FN4O2S/c1-24-15-8-4-5-12(18)11(15)9-10-19-16(23)22-25-17-20-13-6-2-3-7-14(13)21-17/h2-8H,9-10H2,1H3,(H,20,21)(H2,19,22,23). The van der Waals surface area contributed by atoms with Crippen molar-refractivity contribution < 1.29 is 13.9 Å². The maximum atomic E-state index is 13.8. The van der Waals surface area contributed by atoms with Crippen LogP contribution < -0.4 is 14.8 Å². The monoisotopic (exact) mass is 360 g/mol. The van der Waals surface area contributed by atoms with E-state index >= 15 is 0 Å². The summed E-state index contributed by atoms with van der Waals surface area (Å²) in [5.41, 5.74) is 2.17. The van der Waals surface area contributed by atoms with Crippen molar-refractivity contribution in [3.63, 3.8) is 0 Å². The Balaban J connectivity index is 1.48. The van der Waals surface area contributed by atoms with Crippen molar-refractivity contribution in [3.8, 4) is 5.75 Å². The van der Waals surface area contributed by atoms with Crippen molar-refractivity contribution in [1.82, 2.24) is 20.0 Å². The number of benzene rings is 2. The van der Waals surface area contributed by atoms with Crippen LogP contribution >= 0.6 is 11.9 Å². The molecule has 0 fully saturated rings. The number of hydrogen-bond donors (Lipinski definition) is 3. The number of amides is 2. The van der Waals surface area contributed by atoms with Crippen molar-refractivity contribution in [2.45, 2.75) is 11.6 Å². The van der Waals surface area contributed by atoms with Crippen LogP contribution in [-0.2, 0) is 6.42 Å². The molecule has 0 radical (unpaired) electrons. The molecule has 1 heterocycles. The molecule has 2 amide bonds. The number of ether oxygens (including phenoxy) is 1. The van der Waals surface area contributed by atoms with Crippen LogP contribution in [0.5, 0.6) is 5.75 Å². The molecule has 130 valence electrons. The molecule has 6 nitrogen and oxygen atoms in total. The van der Waals surface area contributed by atoms with Gasteiger partial charge in [-0.2, -0.15) is 0 Å². The molecule has 0 aliphatic rings. The Morgan fingerprint density at radius 1 is 1.28 bits per heavy atom. The molecule has 0 bridgehead atoms. The van der Waals surface area contributed by atoms with Gasteiger partial charge in [0.05, 0.1) is 18.1 Å². The van der Waals surface area contributed by atoms with E-state index in [1.54, 1.807) is 12.1 Å². The average Bonchev–Trinajstić information content (AvgIpc) is 3.04. The van der Waals surface area contributed by atoms with Gasteiger partial charge in [-0.25, -0.2) is 14.2 Å². The molecule has 0 unspecified atom stereocenters.